The summed E-state index contributed by atoms with van der Waals surface area (Å²) in [6.45, 7) is 4.30. The molecule has 2 fully saturated rings. The predicted molar refractivity (Wildman–Crippen MR) is 91.9 cm³/mol. The summed E-state index contributed by atoms with van der Waals surface area (Å²) in [5, 5.41) is 9.57. The van der Waals surface area contributed by atoms with Crippen LogP contribution in [0, 0.1) is 5.92 Å². The first-order valence-electron chi connectivity index (χ1n) is 9.06. The van der Waals surface area contributed by atoms with Gasteiger partial charge in [0.15, 0.2) is 0 Å². The quantitative estimate of drug-likeness (QED) is 0.878. The fraction of sp³-hybridized carbons (Fsp3) is 0.667. The molecule has 3 heterocycles. The van der Waals surface area contributed by atoms with Crippen molar-refractivity contribution >= 4 is 11.8 Å². The van der Waals surface area contributed by atoms with Crippen molar-refractivity contribution in [3.05, 3.63) is 23.8 Å². The minimum Gasteiger partial charge on any atom is -0.393 e. The van der Waals surface area contributed by atoms with E-state index in [0.717, 1.165) is 38.0 Å². The average Bonchev–Trinajstić information content (AvgIpc) is 2.62. The number of hydrogen-bond donors (Lipinski definition) is 1. The Morgan fingerprint density at radius 3 is 2.64 bits per heavy atom. The Balaban J connectivity index is 1.63. The minimum absolute atomic E-state index is 0.116. The number of likely N-dealkylation sites (tertiary alicyclic amines) is 2. The van der Waals surface area contributed by atoms with Crippen molar-refractivity contribution in [3.8, 4) is 0 Å². The van der Waals surface area contributed by atoms with E-state index >= 15 is 0 Å². The summed E-state index contributed by atoms with van der Waals surface area (Å²) < 4.78 is 0. The molecule has 1 aromatic heterocycles. The molecule has 2 aliphatic heterocycles. The molecule has 0 aliphatic carbocycles. The van der Waals surface area contributed by atoms with E-state index in [0.29, 0.717) is 37.5 Å². The molecule has 0 bridgehead atoms. The number of rotatable bonds is 3. The topological polar surface area (TPSA) is 86.6 Å². The van der Waals surface area contributed by atoms with E-state index in [-0.39, 0.29) is 17.9 Å². The first kappa shape index (κ1) is 17.8. The van der Waals surface area contributed by atoms with Gasteiger partial charge in [0.05, 0.1) is 18.0 Å². The van der Waals surface area contributed by atoms with Gasteiger partial charge in [-0.2, -0.15) is 0 Å². The first-order valence-corrected chi connectivity index (χ1v) is 9.06. The summed E-state index contributed by atoms with van der Waals surface area (Å²) in [5.41, 5.74) is 1.17. The van der Waals surface area contributed by atoms with Crippen LogP contribution in [-0.4, -0.2) is 69.0 Å². The molecule has 7 heteroatoms. The van der Waals surface area contributed by atoms with Gasteiger partial charge in [-0.05, 0) is 38.0 Å². The summed E-state index contributed by atoms with van der Waals surface area (Å²) in [4.78, 5) is 36.5. The average molecular weight is 346 g/mol. The fourth-order valence-electron chi connectivity index (χ4n) is 3.65. The fourth-order valence-corrected chi connectivity index (χ4v) is 3.65. The first-order chi connectivity index (χ1) is 12.0. The molecule has 136 valence electrons. The Labute approximate surface area is 148 Å². The number of aliphatic hydroxyl groups excluding tert-OH is 1. The number of carbonyl (C=O) groups is 2. The highest BCUT2D eigenvalue weighted by atomic mass is 16.3. The lowest BCUT2D eigenvalue weighted by molar-refractivity contribution is -0.130. The van der Waals surface area contributed by atoms with Gasteiger partial charge in [0.1, 0.15) is 5.69 Å². The molecule has 3 rings (SSSR count). The maximum absolute atomic E-state index is 12.6. The van der Waals surface area contributed by atoms with Gasteiger partial charge in [0, 0.05) is 39.3 Å². The van der Waals surface area contributed by atoms with E-state index in [2.05, 4.69) is 9.97 Å². The maximum atomic E-state index is 12.6. The van der Waals surface area contributed by atoms with Crippen LogP contribution in [0.4, 0.5) is 0 Å². The number of amides is 2. The van der Waals surface area contributed by atoms with E-state index in [4.69, 9.17) is 0 Å². The van der Waals surface area contributed by atoms with Crippen LogP contribution in [0.1, 0.15) is 48.8 Å². The molecule has 2 aliphatic rings. The summed E-state index contributed by atoms with van der Waals surface area (Å²) in [6, 6.07) is 0. The smallest absolute Gasteiger partial charge is 0.274 e. The summed E-state index contributed by atoms with van der Waals surface area (Å²) >= 11 is 0. The molecular weight excluding hydrogens is 320 g/mol. The van der Waals surface area contributed by atoms with Crippen LogP contribution in [0.2, 0.25) is 0 Å². The number of nitrogens with zero attached hydrogens (tertiary/aromatic N) is 4. The minimum atomic E-state index is -0.308. The Kier molecular flexibility index (Phi) is 5.63. The van der Waals surface area contributed by atoms with E-state index in [1.54, 1.807) is 18.0 Å². The van der Waals surface area contributed by atoms with Gasteiger partial charge in [-0.1, -0.05) is 0 Å². The van der Waals surface area contributed by atoms with Crippen LogP contribution in [-0.2, 0) is 11.2 Å². The molecule has 7 nitrogen and oxygen atoms in total. The zero-order valence-electron chi connectivity index (χ0n) is 14.7. The van der Waals surface area contributed by atoms with Gasteiger partial charge >= 0.3 is 0 Å². The van der Waals surface area contributed by atoms with Crippen molar-refractivity contribution in [1.82, 2.24) is 19.8 Å². The van der Waals surface area contributed by atoms with Gasteiger partial charge in [-0.15, -0.1) is 0 Å². The molecule has 1 unspecified atom stereocenters. The van der Waals surface area contributed by atoms with Crippen LogP contribution in [0.25, 0.3) is 0 Å². The van der Waals surface area contributed by atoms with Crippen LogP contribution in [0.15, 0.2) is 12.4 Å². The summed E-state index contributed by atoms with van der Waals surface area (Å²) in [6.07, 6.45) is 6.94. The van der Waals surface area contributed by atoms with Crippen molar-refractivity contribution in [1.29, 1.82) is 0 Å². The predicted octanol–water partition coefficient (Wildman–Crippen LogP) is 0.875. The number of aromatic nitrogens is 2. The molecule has 1 aromatic rings. The molecule has 0 spiro atoms. The number of hydrogen-bond acceptors (Lipinski definition) is 5. The van der Waals surface area contributed by atoms with Crippen LogP contribution in [0.3, 0.4) is 0 Å². The van der Waals surface area contributed by atoms with Crippen molar-refractivity contribution in [2.24, 2.45) is 5.92 Å². The second kappa shape index (κ2) is 7.91. The molecule has 0 saturated carbocycles. The van der Waals surface area contributed by atoms with Crippen LogP contribution >= 0.6 is 0 Å². The highest BCUT2D eigenvalue weighted by Crippen LogP contribution is 2.20. The standard InChI is InChI=1S/C18H26N4O3/c1-13(23)22-6-2-3-14(12-22)9-15-10-19-11-17(20-15)18(25)21-7-4-16(24)5-8-21/h10-11,14,16,24H,2-9,12H2,1H3. The SMILES string of the molecule is CC(=O)N1CCCC(Cc2cncc(C(=O)N3CCC(O)CC3)n2)C1. The van der Waals surface area contributed by atoms with Gasteiger partial charge < -0.3 is 14.9 Å². The number of piperidine rings is 2. The Morgan fingerprint density at radius 2 is 1.92 bits per heavy atom. The van der Waals surface area contributed by atoms with E-state index in [1.165, 1.54) is 6.20 Å². The lowest BCUT2D eigenvalue weighted by atomic mass is 9.93. The molecule has 0 radical (unpaired) electrons. The van der Waals surface area contributed by atoms with E-state index in [9.17, 15) is 14.7 Å². The highest BCUT2D eigenvalue weighted by molar-refractivity contribution is 5.92. The second-order valence-corrected chi connectivity index (χ2v) is 7.10. The molecule has 2 saturated heterocycles. The summed E-state index contributed by atoms with van der Waals surface area (Å²) in [7, 11) is 0. The van der Waals surface area contributed by atoms with Crippen molar-refractivity contribution in [2.45, 2.75) is 45.1 Å². The van der Waals surface area contributed by atoms with Crippen molar-refractivity contribution < 1.29 is 14.7 Å². The van der Waals surface area contributed by atoms with Gasteiger partial charge in [-0.25, -0.2) is 4.98 Å². The maximum Gasteiger partial charge on any atom is 0.274 e. The van der Waals surface area contributed by atoms with E-state index < -0.39 is 0 Å². The number of carbonyl (C=O) groups excluding carboxylic acids is 2. The Bertz CT molecular complexity index is 629. The van der Waals surface area contributed by atoms with Crippen molar-refractivity contribution in [2.75, 3.05) is 26.2 Å². The Hall–Kier alpha value is -2.02. The molecule has 1 N–H and O–H groups in total. The van der Waals surface area contributed by atoms with Gasteiger partial charge in [-0.3, -0.25) is 14.6 Å². The molecular formula is C18H26N4O3. The lowest BCUT2D eigenvalue weighted by Gasteiger charge is -2.32. The monoisotopic (exact) mass is 346 g/mol. The van der Waals surface area contributed by atoms with Crippen LogP contribution in [0.5, 0.6) is 0 Å². The zero-order valence-corrected chi connectivity index (χ0v) is 14.7. The third-order valence-electron chi connectivity index (χ3n) is 5.12. The molecule has 1 atom stereocenters. The summed E-state index contributed by atoms with van der Waals surface area (Å²) in [5.74, 6) is 0.365. The van der Waals surface area contributed by atoms with E-state index in [1.807, 2.05) is 4.90 Å². The largest absolute Gasteiger partial charge is 0.393 e. The highest BCUT2D eigenvalue weighted by Gasteiger charge is 2.25. The lowest BCUT2D eigenvalue weighted by Crippen LogP contribution is -2.40. The third kappa shape index (κ3) is 4.54. The van der Waals surface area contributed by atoms with Gasteiger partial charge in [0.25, 0.3) is 5.91 Å². The molecule has 2 amide bonds. The zero-order chi connectivity index (χ0) is 17.8. The second-order valence-electron chi connectivity index (χ2n) is 7.10. The third-order valence-corrected chi connectivity index (χ3v) is 5.12. The molecule has 0 aromatic carbocycles. The number of aliphatic hydroxyl groups is 1. The molecule has 25 heavy (non-hydrogen) atoms. The van der Waals surface area contributed by atoms with Crippen LogP contribution < -0.4 is 0 Å². The Morgan fingerprint density at radius 1 is 1.16 bits per heavy atom. The van der Waals surface area contributed by atoms with Crippen molar-refractivity contribution in [3.63, 3.8) is 0 Å². The normalized spacial score (nSPS) is 22.1. The van der Waals surface area contributed by atoms with Gasteiger partial charge in [0.2, 0.25) is 5.91 Å².